The van der Waals surface area contributed by atoms with E-state index in [1.54, 1.807) is 0 Å². The van der Waals surface area contributed by atoms with Crippen LogP contribution in [0.4, 0.5) is 5.69 Å². The second kappa shape index (κ2) is 9.54. The molecule has 3 aromatic heterocycles. The largest absolute Gasteiger partial charge is 0.404 e. The van der Waals surface area contributed by atoms with Gasteiger partial charge >= 0.3 is 0 Å². The first-order valence-corrected chi connectivity index (χ1v) is 11.0. The van der Waals surface area contributed by atoms with Gasteiger partial charge < -0.3 is 10.2 Å². The summed E-state index contributed by atoms with van der Waals surface area (Å²) in [5.74, 6) is 0. The minimum atomic E-state index is -0.304. The topological polar surface area (TPSA) is 81.9 Å². The van der Waals surface area contributed by atoms with Crippen LogP contribution in [0.15, 0.2) is 96.2 Å². The smallest absolute Gasteiger partial charge is 0.287 e. The number of fused-ring (bicyclic) bond motifs is 1. The number of hydrogen-bond acceptors (Lipinski definition) is 6. The summed E-state index contributed by atoms with van der Waals surface area (Å²) in [5, 5.41) is 4.10. The highest BCUT2D eigenvalue weighted by Crippen LogP contribution is 2.23. The number of aryl methyl sites for hydroxylation is 1. The minimum Gasteiger partial charge on any atom is -0.404 e. The molecule has 2 aromatic carbocycles. The van der Waals surface area contributed by atoms with Gasteiger partial charge in [0.05, 0.1) is 22.5 Å². The van der Waals surface area contributed by atoms with Gasteiger partial charge in [-0.05, 0) is 24.1 Å². The van der Waals surface area contributed by atoms with Gasteiger partial charge in [-0.1, -0.05) is 66.7 Å². The fraction of sp³-hybridized carbons (Fsp3) is 0.111. The second-order valence-corrected chi connectivity index (χ2v) is 7.88. The molecule has 7 nitrogen and oxygen atoms in total. The number of aromatic nitrogens is 4. The molecule has 0 aliphatic carbocycles. The first-order chi connectivity index (χ1) is 16.7. The molecule has 0 aliphatic rings. The van der Waals surface area contributed by atoms with E-state index in [0.717, 1.165) is 33.5 Å². The molecular weight excluding hydrogens is 426 g/mol. The quantitative estimate of drug-likeness (QED) is 0.397. The van der Waals surface area contributed by atoms with Crippen LogP contribution in [0.1, 0.15) is 16.8 Å². The molecule has 0 fully saturated rings. The molecule has 7 heteroatoms. The van der Waals surface area contributed by atoms with Gasteiger partial charge in [0.25, 0.3) is 5.56 Å². The summed E-state index contributed by atoms with van der Waals surface area (Å²) in [6.07, 6.45) is 3.28. The molecule has 0 atom stereocenters. The van der Waals surface area contributed by atoms with Gasteiger partial charge in [0, 0.05) is 24.4 Å². The lowest BCUT2D eigenvalue weighted by atomic mass is 10.1. The van der Waals surface area contributed by atoms with E-state index in [1.165, 1.54) is 17.1 Å². The Bertz CT molecular complexity index is 1470. The van der Waals surface area contributed by atoms with Crippen molar-refractivity contribution in [3.63, 3.8) is 0 Å². The van der Waals surface area contributed by atoms with Crippen molar-refractivity contribution in [1.29, 1.82) is 0 Å². The van der Waals surface area contributed by atoms with E-state index < -0.39 is 0 Å². The standard InChI is InChI=1S/C27H23N5O2/c1-19-26-24(29-16-21-12-13-23(28-15-21)22-10-6-3-7-11-22)14-25(33)32(27(26)31-18-30-19)34-17-20-8-4-2-5-9-20/h2-15,18,29H,16-17H2,1H3. The predicted octanol–water partition coefficient (Wildman–Crippen LogP) is 4.40. The van der Waals surface area contributed by atoms with Crippen LogP contribution >= 0.6 is 0 Å². The van der Waals surface area contributed by atoms with Gasteiger partial charge in [-0.3, -0.25) is 9.78 Å². The van der Waals surface area contributed by atoms with Crippen LogP contribution in [-0.2, 0) is 13.2 Å². The van der Waals surface area contributed by atoms with Crippen LogP contribution in [0.5, 0.6) is 0 Å². The number of pyridine rings is 2. The van der Waals surface area contributed by atoms with Gasteiger partial charge in [0.15, 0.2) is 5.65 Å². The van der Waals surface area contributed by atoms with Crippen molar-refractivity contribution in [2.24, 2.45) is 0 Å². The first-order valence-electron chi connectivity index (χ1n) is 11.0. The molecule has 0 bridgehead atoms. The lowest BCUT2D eigenvalue weighted by molar-refractivity contribution is 0.0979. The van der Waals surface area contributed by atoms with E-state index in [9.17, 15) is 4.79 Å². The van der Waals surface area contributed by atoms with Crippen molar-refractivity contribution < 1.29 is 4.84 Å². The van der Waals surface area contributed by atoms with Crippen LogP contribution in [0.2, 0.25) is 0 Å². The number of hydrogen-bond donors (Lipinski definition) is 1. The third kappa shape index (κ3) is 4.49. The Labute approximate surface area is 196 Å². The van der Waals surface area contributed by atoms with Gasteiger partial charge in [-0.15, -0.1) is 4.73 Å². The Hall–Kier alpha value is -4.52. The predicted molar refractivity (Wildman–Crippen MR) is 132 cm³/mol. The van der Waals surface area contributed by atoms with Crippen LogP contribution in [0, 0.1) is 6.92 Å². The van der Waals surface area contributed by atoms with Crippen molar-refractivity contribution in [1.82, 2.24) is 19.7 Å². The van der Waals surface area contributed by atoms with E-state index in [1.807, 2.05) is 85.9 Å². The normalized spacial score (nSPS) is 10.9. The second-order valence-electron chi connectivity index (χ2n) is 7.88. The maximum atomic E-state index is 12.9. The number of nitrogens with zero attached hydrogens (tertiary/aromatic N) is 4. The number of nitrogens with one attached hydrogen (secondary N) is 1. The summed E-state index contributed by atoms with van der Waals surface area (Å²) in [6.45, 7) is 2.64. The molecule has 1 N–H and O–H groups in total. The maximum Gasteiger partial charge on any atom is 0.287 e. The summed E-state index contributed by atoms with van der Waals surface area (Å²) in [7, 11) is 0. The zero-order valence-electron chi connectivity index (χ0n) is 18.7. The van der Waals surface area contributed by atoms with Crippen molar-refractivity contribution in [3.05, 3.63) is 119 Å². The summed E-state index contributed by atoms with van der Waals surface area (Å²) in [6, 6.07) is 25.3. The molecule has 0 saturated carbocycles. The Morgan fingerprint density at radius 3 is 2.38 bits per heavy atom. The van der Waals surface area contributed by atoms with Crippen LogP contribution in [-0.4, -0.2) is 19.7 Å². The minimum absolute atomic E-state index is 0.255. The molecule has 0 radical (unpaired) electrons. The van der Waals surface area contributed by atoms with Gasteiger partial charge in [-0.2, -0.15) is 0 Å². The highest BCUT2D eigenvalue weighted by atomic mass is 16.7. The average molecular weight is 450 g/mol. The van der Waals surface area contributed by atoms with E-state index in [4.69, 9.17) is 4.84 Å². The van der Waals surface area contributed by atoms with E-state index in [0.29, 0.717) is 17.9 Å². The Morgan fingerprint density at radius 2 is 1.65 bits per heavy atom. The van der Waals surface area contributed by atoms with Crippen molar-refractivity contribution >= 4 is 16.7 Å². The highest BCUT2D eigenvalue weighted by Gasteiger charge is 2.14. The number of benzene rings is 2. The van der Waals surface area contributed by atoms with E-state index in [-0.39, 0.29) is 12.2 Å². The fourth-order valence-electron chi connectivity index (χ4n) is 3.77. The van der Waals surface area contributed by atoms with Gasteiger partial charge in [0.2, 0.25) is 0 Å². The van der Waals surface area contributed by atoms with Crippen molar-refractivity contribution in [2.45, 2.75) is 20.1 Å². The molecule has 3 heterocycles. The van der Waals surface area contributed by atoms with Crippen molar-refractivity contribution in [2.75, 3.05) is 5.32 Å². The third-order valence-corrected chi connectivity index (χ3v) is 5.53. The molecular formula is C27H23N5O2. The monoisotopic (exact) mass is 449 g/mol. The van der Waals surface area contributed by atoms with Crippen LogP contribution < -0.4 is 15.7 Å². The number of anilines is 1. The van der Waals surface area contributed by atoms with E-state index >= 15 is 0 Å². The summed E-state index contributed by atoms with van der Waals surface area (Å²) in [5.41, 5.74) is 5.47. The lowest BCUT2D eigenvalue weighted by Crippen LogP contribution is -2.28. The molecule has 0 amide bonds. The summed E-state index contributed by atoms with van der Waals surface area (Å²) >= 11 is 0. The van der Waals surface area contributed by atoms with Gasteiger partial charge in [-0.25, -0.2) is 9.97 Å². The zero-order valence-corrected chi connectivity index (χ0v) is 18.7. The molecule has 0 saturated heterocycles. The van der Waals surface area contributed by atoms with E-state index in [2.05, 4.69) is 20.3 Å². The maximum absolute atomic E-state index is 12.9. The van der Waals surface area contributed by atoms with Gasteiger partial charge in [0.1, 0.15) is 12.9 Å². The molecule has 5 rings (SSSR count). The molecule has 34 heavy (non-hydrogen) atoms. The summed E-state index contributed by atoms with van der Waals surface area (Å²) in [4.78, 5) is 32.0. The Balaban J connectivity index is 1.40. The first kappa shape index (κ1) is 21.3. The average Bonchev–Trinajstić information content (AvgIpc) is 2.88. The molecule has 0 aliphatic heterocycles. The van der Waals surface area contributed by atoms with Crippen LogP contribution in [0.3, 0.4) is 0 Å². The Kier molecular flexibility index (Phi) is 5.99. The SMILES string of the molecule is Cc1ncnc2c1c(NCc1ccc(-c3ccccc3)nc1)cc(=O)n2OCc1ccccc1. The highest BCUT2D eigenvalue weighted by molar-refractivity contribution is 5.90. The van der Waals surface area contributed by atoms with Crippen molar-refractivity contribution in [3.8, 4) is 11.3 Å². The van der Waals surface area contributed by atoms with Crippen LogP contribution in [0.25, 0.3) is 22.3 Å². The fourth-order valence-corrected chi connectivity index (χ4v) is 3.77. The third-order valence-electron chi connectivity index (χ3n) is 5.53. The summed E-state index contributed by atoms with van der Waals surface area (Å²) < 4.78 is 1.23. The number of rotatable bonds is 7. The molecule has 0 unspecified atom stereocenters. The molecule has 168 valence electrons. The lowest BCUT2D eigenvalue weighted by Gasteiger charge is -2.15. The Morgan fingerprint density at radius 1 is 0.882 bits per heavy atom. The zero-order chi connectivity index (χ0) is 23.3. The molecule has 5 aromatic rings. The molecule has 0 spiro atoms.